The molecule has 1 unspecified atom stereocenters. The molecule has 2 amide bonds. The van der Waals surface area contributed by atoms with Gasteiger partial charge >= 0.3 is 0 Å². The number of carbonyl (C=O) groups excluding carboxylic acids is 2. The Morgan fingerprint density at radius 3 is 2.73 bits per heavy atom. The summed E-state index contributed by atoms with van der Waals surface area (Å²) in [6.07, 6.45) is 2.06. The van der Waals surface area contributed by atoms with Gasteiger partial charge in [-0.15, -0.1) is 0 Å². The monoisotopic (exact) mass is 302 g/mol. The summed E-state index contributed by atoms with van der Waals surface area (Å²) < 4.78 is 0. The maximum Gasteiger partial charge on any atom is 0.228 e. The molecule has 22 heavy (non-hydrogen) atoms. The number of pyridine rings is 1. The lowest BCUT2D eigenvalue weighted by Crippen LogP contribution is -2.49. The fourth-order valence-electron chi connectivity index (χ4n) is 3.06. The number of rotatable bonds is 3. The van der Waals surface area contributed by atoms with Crippen LogP contribution in [-0.2, 0) is 16.1 Å². The van der Waals surface area contributed by atoms with Crippen molar-refractivity contribution in [2.75, 3.05) is 39.8 Å². The maximum absolute atomic E-state index is 12.6. The van der Waals surface area contributed by atoms with Gasteiger partial charge in [-0.05, 0) is 19.2 Å². The first-order valence-electron chi connectivity index (χ1n) is 7.78. The summed E-state index contributed by atoms with van der Waals surface area (Å²) in [5.41, 5.74) is 0.864. The molecule has 2 aliphatic rings. The summed E-state index contributed by atoms with van der Waals surface area (Å²) in [4.78, 5) is 34.8. The molecule has 1 aromatic heterocycles. The van der Waals surface area contributed by atoms with E-state index in [0.717, 1.165) is 31.9 Å². The second-order valence-corrected chi connectivity index (χ2v) is 6.12. The van der Waals surface area contributed by atoms with Crippen LogP contribution >= 0.6 is 0 Å². The summed E-state index contributed by atoms with van der Waals surface area (Å²) in [5, 5.41) is 0. The summed E-state index contributed by atoms with van der Waals surface area (Å²) >= 11 is 0. The average Bonchev–Trinajstić information content (AvgIpc) is 2.89. The molecule has 3 heterocycles. The van der Waals surface area contributed by atoms with E-state index in [4.69, 9.17) is 0 Å². The zero-order valence-corrected chi connectivity index (χ0v) is 12.9. The number of piperazine rings is 1. The van der Waals surface area contributed by atoms with Crippen LogP contribution in [0.5, 0.6) is 0 Å². The van der Waals surface area contributed by atoms with E-state index in [-0.39, 0.29) is 17.7 Å². The van der Waals surface area contributed by atoms with Crippen LogP contribution in [0.25, 0.3) is 0 Å². The Morgan fingerprint density at radius 1 is 1.27 bits per heavy atom. The van der Waals surface area contributed by atoms with Crippen molar-refractivity contribution in [3.8, 4) is 0 Å². The van der Waals surface area contributed by atoms with Gasteiger partial charge in [0.1, 0.15) is 0 Å². The zero-order valence-electron chi connectivity index (χ0n) is 12.9. The third-order valence-electron chi connectivity index (χ3n) is 4.46. The lowest BCUT2D eigenvalue weighted by molar-refractivity contribution is -0.137. The second kappa shape index (κ2) is 6.44. The summed E-state index contributed by atoms with van der Waals surface area (Å²) in [6, 6.07) is 5.67. The Bertz CT molecular complexity index is 540. The van der Waals surface area contributed by atoms with Crippen molar-refractivity contribution in [1.82, 2.24) is 19.7 Å². The molecule has 2 saturated heterocycles. The molecule has 0 aromatic carbocycles. The van der Waals surface area contributed by atoms with Crippen molar-refractivity contribution in [2.45, 2.75) is 13.0 Å². The summed E-state index contributed by atoms with van der Waals surface area (Å²) in [7, 11) is 2.06. The number of likely N-dealkylation sites (N-methyl/N-ethyl adjacent to an activating group) is 1. The molecule has 0 saturated carbocycles. The van der Waals surface area contributed by atoms with E-state index in [0.29, 0.717) is 19.5 Å². The minimum atomic E-state index is -0.195. The predicted molar refractivity (Wildman–Crippen MR) is 81.8 cm³/mol. The van der Waals surface area contributed by atoms with E-state index < -0.39 is 0 Å². The van der Waals surface area contributed by atoms with Crippen molar-refractivity contribution in [2.24, 2.45) is 5.92 Å². The van der Waals surface area contributed by atoms with Crippen LogP contribution in [0.3, 0.4) is 0 Å². The zero-order chi connectivity index (χ0) is 15.5. The number of aromatic nitrogens is 1. The molecule has 2 fully saturated rings. The van der Waals surface area contributed by atoms with Crippen molar-refractivity contribution in [1.29, 1.82) is 0 Å². The van der Waals surface area contributed by atoms with Crippen LogP contribution < -0.4 is 0 Å². The van der Waals surface area contributed by atoms with Gasteiger partial charge in [0.05, 0.1) is 18.2 Å². The van der Waals surface area contributed by atoms with Gasteiger partial charge in [-0.2, -0.15) is 0 Å². The number of carbonyl (C=O) groups is 2. The van der Waals surface area contributed by atoms with E-state index in [2.05, 4.69) is 16.9 Å². The summed E-state index contributed by atoms with van der Waals surface area (Å²) in [6.45, 7) is 4.35. The largest absolute Gasteiger partial charge is 0.340 e. The van der Waals surface area contributed by atoms with Crippen LogP contribution in [0.2, 0.25) is 0 Å². The van der Waals surface area contributed by atoms with Gasteiger partial charge in [0, 0.05) is 45.3 Å². The van der Waals surface area contributed by atoms with Crippen LogP contribution in [-0.4, -0.2) is 71.3 Å². The number of hydrogen-bond acceptors (Lipinski definition) is 4. The van der Waals surface area contributed by atoms with Crippen molar-refractivity contribution in [3.63, 3.8) is 0 Å². The Labute approximate surface area is 130 Å². The quantitative estimate of drug-likeness (QED) is 0.801. The number of amides is 2. The fourth-order valence-corrected chi connectivity index (χ4v) is 3.06. The molecular weight excluding hydrogens is 280 g/mol. The molecule has 1 atom stereocenters. The topological polar surface area (TPSA) is 56.8 Å². The van der Waals surface area contributed by atoms with Crippen molar-refractivity contribution < 1.29 is 9.59 Å². The normalized spacial score (nSPS) is 23.1. The standard InChI is InChI=1S/C16H22N4O2/c1-18-6-8-19(9-7-18)16(22)13-10-15(21)20(11-13)12-14-4-2-3-5-17-14/h2-5,13H,6-12H2,1H3. The highest BCUT2D eigenvalue weighted by molar-refractivity contribution is 5.89. The first-order valence-corrected chi connectivity index (χ1v) is 7.78. The lowest BCUT2D eigenvalue weighted by Gasteiger charge is -2.33. The minimum absolute atomic E-state index is 0.0538. The number of nitrogens with zero attached hydrogens (tertiary/aromatic N) is 4. The van der Waals surface area contributed by atoms with Gasteiger partial charge in [-0.1, -0.05) is 6.07 Å². The minimum Gasteiger partial charge on any atom is -0.340 e. The van der Waals surface area contributed by atoms with Crippen LogP contribution in [0.1, 0.15) is 12.1 Å². The molecule has 3 rings (SSSR count). The van der Waals surface area contributed by atoms with Gasteiger partial charge in [-0.3, -0.25) is 14.6 Å². The molecule has 0 bridgehead atoms. The maximum atomic E-state index is 12.6. The van der Waals surface area contributed by atoms with E-state index in [1.54, 1.807) is 11.1 Å². The molecule has 1 aromatic rings. The summed E-state index contributed by atoms with van der Waals surface area (Å²) in [5.74, 6) is -0.0114. The van der Waals surface area contributed by atoms with Crippen LogP contribution in [0.15, 0.2) is 24.4 Å². The number of hydrogen-bond donors (Lipinski definition) is 0. The smallest absolute Gasteiger partial charge is 0.228 e. The van der Waals surface area contributed by atoms with Gasteiger partial charge in [-0.25, -0.2) is 0 Å². The highest BCUT2D eigenvalue weighted by Crippen LogP contribution is 2.22. The van der Waals surface area contributed by atoms with Gasteiger partial charge in [0.15, 0.2) is 0 Å². The SMILES string of the molecule is CN1CCN(C(=O)C2CC(=O)N(Cc3ccccn3)C2)CC1. The molecule has 0 N–H and O–H groups in total. The van der Waals surface area contributed by atoms with Crippen molar-refractivity contribution in [3.05, 3.63) is 30.1 Å². The molecule has 118 valence electrons. The molecular formula is C16H22N4O2. The van der Waals surface area contributed by atoms with Crippen molar-refractivity contribution >= 4 is 11.8 Å². The average molecular weight is 302 g/mol. The van der Waals surface area contributed by atoms with Crippen LogP contribution in [0, 0.1) is 5.92 Å². The highest BCUT2D eigenvalue weighted by Gasteiger charge is 2.37. The van der Waals surface area contributed by atoms with Crippen LogP contribution in [0.4, 0.5) is 0 Å². The fraction of sp³-hybridized carbons (Fsp3) is 0.562. The molecule has 6 nitrogen and oxygen atoms in total. The Balaban J connectivity index is 1.58. The van der Waals surface area contributed by atoms with E-state index in [9.17, 15) is 9.59 Å². The second-order valence-electron chi connectivity index (χ2n) is 6.12. The van der Waals surface area contributed by atoms with Gasteiger partial charge < -0.3 is 14.7 Å². The first kappa shape index (κ1) is 15.0. The van der Waals surface area contributed by atoms with Gasteiger partial charge in [0.25, 0.3) is 0 Å². The molecule has 0 spiro atoms. The Kier molecular flexibility index (Phi) is 4.38. The number of likely N-dealkylation sites (tertiary alicyclic amines) is 1. The highest BCUT2D eigenvalue weighted by atomic mass is 16.2. The first-order chi connectivity index (χ1) is 10.6. The van der Waals surface area contributed by atoms with E-state index in [1.807, 2.05) is 23.1 Å². The third-order valence-corrected chi connectivity index (χ3v) is 4.46. The Hall–Kier alpha value is -1.95. The molecule has 0 aliphatic carbocycles. The Morgan fingerprint density at radius 2 is 2.05 bits per heavy atom. The molecule has 0 radical (unpaired) electrons. The lowest BCUT2D eigenvalue weighted by atomic mass is 10.1. The molecule has 2 aliphatic heterocycles. The van der Waals surface area contributed by atoms with E-state index in [1.165, 1.54) is 0 Å². The van der Waals surface area contributed by atoms with E-state index >= 15 is 0 Å². The third kappa shape index (κ3) is 3.27. The predicted octanol–water partition coefficient (Wildman–Crippen LogP) is 0.204. The molecule has 6 heteroatoms. The van der Waals surface area contributed by atoms with Gasteiger partial charge in [0.2, 0.25) is 11.8 Å².